The van der Waals surface area contributed by atoms with Crippen LogP contribution < -0.4 is 48.9 Å². The van der Waals surface area contributed by atoms with Crippen LogP contribution in [-0.2, 0) is 4.74 Å². The number of ether oxygens (including phenoxy) is 7. The van der Waals surface area contributed by atoms with Crippen LogP contribution in [0.25, 0.3) is 33.7 Å². The molecule has 1 unspecified atom stereocenters. The van der Waals surface area contributed by atoms with Crippen molar-refractivity contribution in [2.75, 3.05) is 96.0 Å². The SMILES string of the molecule is COc1cc(-n2cnc(Nc3nc(N4CCC[C@H]4CO)nc4c3ncn4C3CCCCO3)c2)cc(OC)c1OC.COc1cc(-n2cnc(Nc3nc(N4CCC[C@H]4CO)nc4nc[nH]c34)c2)cc(OC)c1OC.Cl. The number of nitrogens with zero attached hydrogens (tertiary/aromatic N) is 13. The van der Waals surface area contributed by atoms with Gasteiger partial charge in [0.2, 0.25) is 23.4 Å². The topological polar surface area (TPSA) is 269 Å². The number of nitrogens with one attached hydrogen (secondary N) is 3. The van der Waals surface area contributed by atoms with Gasteiger partial charge in [-0.05, 0) is 44.9 Å². The molecule has 3 fully saturated rings. The van der Waals surface area contributed by atoms with Crippen LogP contribution in [-0.4, -0.2) is 156 Å². The van der Waals surface area contributed by atoms with E-state index in [0.29, 0.717) is 98.6 Å². The normalized spacial score (nSPS) is 17.4. The Kier molecular flexibility index (Phi) is 16.0. The van der Waals surface area contributed by atoms with Gasteiger partial charge in [0.15, 0.2) is 51.4 Å². The first-order chi connectivity index (χ1) is 36.3. The fourth-order valence-corrected chi connectivity index (χ4v) is 9.63. The zero-order valence-electron chi connectivity index (χ0n) is 42.5. The molecule has 0 spiro atoms. The predicted molar refractivity (Wildman–Crippen MR) is 281 cm³/mol. The summed E-state index contributed by atoms with van der Waals surface area (Å²) in [6, 6.07) is 7.36. The van der Waals surface area contributed by atoms with Crippen molar-refractivity contribution in [1.29, 1.82) is 0 Å². The van der Waals surface area contributed by atoms with Gasteiger partial charge in [-0.25, -0.2) is 19.9 Å². The number of anilines is 6. The summed E-state index contributed by atoms with van der Waals surface area (Å²) in [4.78, 5) is 44.3. The highest BCUT2D eigenvalue weighted by Gasteiger charge is 2.30. The first kappa shape index (κ1) is 52.0. The van der Waals surface area contributed by atoms with Gasteiger partial charge in [-0.15, -0.1) is 12.4 Å². The number of fused-ring (bicyclic) bond motifs is 2. The van der Waals surface area contributed by atoms with Crippen LogP contribution in [0.2, 0.25) is 0 Å². The van der Waals surface area contributed by atoms with E-state index in [-0.39, 0.29) is 43.9 Å². The molecule has 9 heterocycles. The molecule has 25 nitrogen and oxygen atoms in total. The zero-order chi connectivity index (χ0) is 51.3. The number of benzene rings is 2. The molecule has 8 aromatic rings. The molecule has 3 aliphatic heterocycles. The van der Waals surface area contributed by atoms with Crippen molar-refractivity contribution in [3.05, 3.63) is 62.0 Å². The number of aliphatic hydroxyl groups excluding tert-OH is 2. The Morgan fingerprint density at radius 1 is 0.613 bits per heavy atom. The smallest absolute Gasteiger partial charge is 0.229 e. The third-order valence-electron chi connectivity index (χ3n) is 13.4. The van der Waals surface area contributed by atoms with Crippen molar-refractivity contribution in [3.63, 3.8) is 0 Å². The quantitative estimate of drug-likeness (QED) is 0.0686. The second-order valence-electron chi connectivity index (χ2n) is 17.7. The second kappa shape index (κ2) is 23.1. The summed E-state index contributed by atoms with van der Waals surface area (Å²) in [6.07, 6.45) is 17.1. The molecule has 0 aliphatic carbocycles. The van der Waals surface area contributed by atoms with Crippen LogP contribution in [0.15, 0.2) is 62.0 Å². The van der Waals surface area contributed by atoms with E-state index in [1.807, 2.05) is 55.3 Å². The van der Waals surface area contributed by atoms with Crippen molar-refractivity contribution in [2.45, 2.75) is 63.3 Å². The Morgan fingerprint density at radius 2 is 1.15 bits per heavy atom. The van der Waals surface area contributed by atoms with Crippen LogP contribution in [0.4, 0.5) is 35.2 Å². The lowest BCUT2D eigenvalue weighted by atomic mass is 10.2. The molecular weight excluding hydrogens is 992 g/mol. The number of aromatic amines is 1. The van der Waals surface area contributed by atoms with Crippen molar-refractivity contribution in [1.82, 2.24) is 58.6 Å². The Balaban J connectivity index is 0.000000184. The van der Waals surface area contributed by atoms with Gasteiger partial charge in [-0.2, -0.15) is 19.9 Å². The summed E-state index contributed by atoms with van der Waals surface area (Å²) in [5.74, 6) is 6.53. The largest absolute Gasteiger partial charge is 0.493 e. The molecule has 75 heavy (non-hydrogen) atoms. The Hall–Kier alpha value is -7.87. The summed E-state index contributed by atoms with van der Waals surface area (Å²) in [7, 11) is 9.45. The number of aliphatic hydroxyl groups is 2. The number of aromatic nitrogens is 12. The standard InChI is InChI=1S/C27H34N8O5.C22H26N8O4.ClH/c1-37-19-11-18(12-20(38-2)24(19)39-3)33-13-21(28-15-33)30-25-23-26(35(16-29-23)22-8-4-5-10-40-22)32-27(31-25)34-9-6-7-17(34)14-36;1-32-15-7-14(8-16(33-2)19(15)34-3)29-9-17(25-12-29)26-21-18-20(24-11-23-18)27-22(28-21)30-6-4-5-13(30)10-31;/h11-13,15-17,22,36H,4-10,14H2,1-3H3,(H,30,31,32);7-9,11-13,31H,4-6,10H2,1-3H3,(H2,23,24,26,27,28);1H/t17-,22?;13-;/m00./s1. The Morgan fingerprint density at radius 3 is 1.65 bits per heavy atom. The molecule has 3 atom stereocenters. The van der Waals surface area contributed by atoms with E-state index >= 15 is 0 Å². The molecule has 398 valence electrons. The Labute approximate surface area is 437 Å². The van der Waals surface area contributed by atoms with Gasteiger partial charge in [0.1, 0.15) is 36.0 Å². The zero-order valence-corrected chi connectivity index (χ0v) is 43.3. The summed E-state index contributed by atoms with van der Waals surface area (Å²) < 4.78 is 44.5. The molecule has 5 N–H and O–H groups in total. The number of methoxy groups -OCH3 is 6. The highest BCUT2D eigenvalue weighted by Crippen LogP contribution is 2.41. The van der Waals surface area contributed by atoms with Crippen molar-refractivity contribution < 1.29 is 43.4 Å². The monoisotopic (exact) mass is 1050 g/mol. The molecule has 6 aromatic heterocycles. The number of halogens is 1. The van der Waals surface area contributed by atoms with E-state index in [9.17, 15) is 10.2 Å². The van der Waals surface area contributed by atoms with Gasteiger partial charge < -0.3 is 77.9 Å². The van der Waals surface area contributed by atoms with E-state index < -0.39 is 0 Å². The fourth-order valence-electron chi connectivity index (χ4n) is 9.63. The number of hydrogen-bond acceptors (Lipinski definition) is 21. The number of rotatable bonds is 17. The molecular formula is C49H61ClN16O9. The molecule has 0 amide bonds. The lowest BCUT2D eigenvalue weighted by Crippen LogP contribution is -2.33. The van der Waals surface area contributed by atoms with Gasteiger partial charge in [-0.1, -0.05) is 0 Å². The van der Waals surface area contributed by atoms with Gasteiger partial charge in [0, 0.05) is 44.0 Å². The van der Waals surface area contributed by atoms with Crippen LogP contribution in [0.5, 0.6) is 34.5 Å². The minimum absolute atomic E-state index is 0. The van der Waals surface area contributed by atoms with Crippen LogP contribution >= 0.6 is 12.4 Å². The van der Waals surface area contributed by atoms with Gasteiger partial charge in [-0.3, -0.25) is 4.57 Å². The fraction of sp³-hybridized carbons (Fsp3) is 0.429. The summed E-state index contributed by atoms with van der Waals surface area (Å²) >= 11 is 0. The molecule has 26 heteroatoms. The lowest BCUT2D eigenvalue weighted by molar-refractivity contribution is -0.0298. The van der Waals surface area contributed by atoms with Crippen molar-refractivity contribution in [2.24, 2.45) is 0 Å². The van der Waals surface area contributed by atoms with Crippen molar-refractivity contribution >= 4 is 69.9 Å². The molecule has 11 rings (SSSR count). The van der Waals surface area contributed by atoms with Crippen LogP contribution in [0.1, 0.15) is 51.2 Å². The molecule has 2 aromatic carbocycles. The number of imidazole rings is 4. The predicted octanol–water partition coefficient (Wildman–Crippen LogP) is 6.13. The third-order valence-corrected chi connectivity index (χ3v) is 13.4. The van der Waals surface area contributed by atoms with Crippen LogP contribution in [0, 0.1) is 0 Å². The molecule has 3 aliphatic rings. The van der Waals surface area contributed by atoms with E-state index in [4.69, 9.17) is 48.1 Å². The second-order valence-corrected chi connectivity index (χ2v) is 17.7. The third kappa shape index (κ3) is 10.5. The average molecular weight is 1050 g/mol. The van der Waals surface area contributed by atoms with Gasteiger partial charge in [0.25, 0.3) is 0 Å². The maximum Gasteiger partial charge on any atom is 0.229 e. The number of hydrogen-bond donors (Lipinski definition) is 5. The van der Waals surface area contributed by atoms with E-state index in [0.717, 1.165) is 69.4 Å². The minimum atomic E-state index is -0.124. The lowest BCUT2D eigenvalue weighted by Gasteiger charge is -2.25. The van der Waals surface area contributed by atoms with E-state index in [2.05, 4.69) is 45.4 Å². The average Bonchev–Trinajstić information content (AvgIpc) is 4.32. The minimum Gasteiger partial charge on any atom is -0.493 e. The molecule has 0 radical (unpaired) electrons. The summed E-state index contributed by atoms with van der Waals surface area (Å²) in [6.45, 7) is 2.39. The molecule has 0 saturated carbocycles. The molecule has 0 bridgehead atoms. The van der Waals surface area contributed by atoms with Gasteiger partial charge >= 0.3 is 0 Å². The summed E-state index contributed by atoms with van der Waals surface area (Å²) in [5.41, 5.74) is 4.09. The van der Waals surface area contributed by atoms with E-state index in [1.54, 1.807) is 68.0 Å². The molecule has 3 saturated heterocycles. The first-order valence-corrected chi connectivity index (χ1v) is 24.3. The highest BCUT2D eigenvalue weighted by atomic mass is 35.5. The Bertz CT molecular complexity index is 3160. The van der Waals surface area contributed by atoms with Crippen LogP contribution in [0.3, 0.4) is 0 Å². The summed E-state index contributed by atoms with van der Waals surface area (Å²) in [5, 5.41) is 26.3. The van der Waals surface area contributed by atoms with Gasteiger partial charge in [0.05, 0.1) is 104 Å². The maximum atomic E-state index is 9.96. The first-order valence-electron chi connectivity index (χ1n) is 24.3. The highest BCUT2D eigenvalue weighted by molar-refractivity contribution is 5.87. The maximum absolute atomic E-state index is 9.96. The van der Waals surface area contributed by atoms with E-state index in [1.165, 1.54) is 0 Å². The number of H-pyrrole nitrogens is 1. The van der Waals surface area contributed by atoms with Crippen molar-refractivity contribution in [3.8, 4) is 45.9 Å².